The maximum absolute atomic E-state index is 12.9. The van der Waals surface area contributed by atoms with Gasteiger partial charge in [-0.05, 0) is 37.3 Å². The lowest BCUT2D eigenvalue weighted by Crippen LogP contribution is -2.23. The van der Waals surface area contributed by atoms with Gasteiger partial charge in [-0.2, -0.15) is 0 Å². The average molecular weight is 382 g/mol. The van der Waals surface area contributed by atoms with Crippen LogP contribution in [-0.4, -0.2) is 49.9 Å². The van der Waals surface area contributed by atoms with Gasteiger partial charge in [0.05, 0.1) is 31.1 Å². The monoisotopic (exact) mass is 382 g/mol. The van der Waals surface area contributed by atoms with Crippen LogP contribution in [-0.2, 0) is 11.3 Å². The Morgan fingerprint density at radius 2 is 2.07 bits per heavy atom. The number of pyridine rings is 1. The number of benzene rings is 1. The molecule has 148 valence electrons. The summed E-state index contributed by atoms with van der Waals surface area (Å²) in [5.41, 5.74) is 2.21. The van der Waals surface area contributed by atoms with E-state index in [1.54, 1.807) is 20.4 Å². The highest BCUT2D eigenvalue weighted by atomic mass is 16.5. The Balaban J connectivity index is 1.81. The number of aromatic nitrogens is 2. The Hall–Kier alpha value is -3.06. The molecule has 3 aromatic rings. The predicted octanol–water partition coefficient (Wildman–Crippen LogP) is 3.40. The van der Waals surface area contributed by atoms with E-state index >= 15 is 0 Å². The number of hydrogen-bond donors (Lipinski definition) is 1. The zero-order valence-corrected chi connectivity index (χ0v) is 16.7. The molecule has 0 saturated carbocycles. The molecule has 7 heteroatoms. The molecule has 28 heavy (non-hydrogen) atoms. The van der Waals surface area contributed by atoms with E-state index in [0.29, 0.717) is 24.5 Å². The molecule has 0 aliphatic heterocycles. The van der Waals surface area contributed by atoms with Crippen LogP contribution >= 0.6 is 0 Å². The third-order valence-electron chi connectivity index (χ3n) is 4.70. The summed E-state index contributed by atoms with van der Waals surface area (Å²) < 4.78 is 12.5. The third-order valence-corrected chi connectivity index (χ3v) is 4.70. The van der Waals surface area contributed by atoms with E-state index in [9.17, 15) is 4.79 Å². The molecule has 2 heterocycles. The summed E-state index contributed by atoms with van der Waals surface area (Å²) in [5.74, 6) is 1.40. The number of nitrogens with one attached hydrogen (secondary N) is 1. The molecule has 0 bridgehead atoms. The lowest BCUT2D eigenvalue weighted by molar-refractivity contribution is 0.101. The maximum Gasteiger partial charge on any atom is 0.272 e. The summed E-state index contributed by atoms with van der Waals surface area (Å²) in [5, 5.41) is 3.86. The molecule has 2 aromatic heterocycles. The Morgan fingerprint density at radius 1 is 1.25 bits per heavy atom. The number of nitrogens with zero attached hydrogens (tertiary/aromatic N) is 3. The fraction of sp³-hybridized carbons (Fsp3) is 0.333. The third kappa shape index (κ3) is 3.94. The Labute approximate surface area is 164 Å². The zero-order valence-electron chi connectivity index (χ0n) is 16.7. The van der Waals surface area contributed by atoms with Crippen molar-refractivity contribution in [2.75, 3.05) is 44.6 Å². The number of methoxy groups -OCH3 is 2. The van der Waals surface area contributed by atoms with E-state index in [2.05, 4.69) is 10.3 Å². The van der Waals surface area contributed by atoms with Gasteiger partial charge < -0.3 is 24.3 Å². The van der Waals surface area contributed by atoms with Gasteiger partial charge in [-0.25, -0.2) is 4.98 Å². The highest BCUT2D eigenvalue weighted by Gasteiger charge is 2.17. The number of ether oxygens (including phenoxy) is 2. The number of amides is 1. The molecule has 0 fully saturated rings. The van der Waals surface area contributed by atoms with Gasteiger partial charge >= 0.3 is 0 Å². The molecule has 0 spiro atoms. The number of hydrogen-bond acceptors (Lipinski definition) is 5. The van der Waals surface area contributed by atoms with Crippen LogP contribution in [0.5, 0.6) is 5.75 Å². The van der Waals surface area contributed by atoms with Crippen LogP contribution in [0.25, 0.3) is 10.9 Å². The van der Waals surface area contributed by atoms with Crippen LogP contribution in [0.15, 0.2) is 42.6 Å². The number of aryl methyl sites for hydroxylation is 1. The summed E-state index contributed by atoms with van der Waals surface area (Å²) in [7, 11) is 5.26. The Kier molecular flexibility index (Phi) is 6.16. The van der Waals surface area contributed by atoms with Gasteiger partial charge in [0, 0.05) is 32.6 Å². The molecular weight excluding hydrogens is 356 g/mol. The molecule has 0 aliphatic rings. The molecule has 1 N–H and O–H groups in total. The van der Waals surface area contributed by atoms with E-state index in [1.807, 2.05) is 59.8 Å². The summed E-state index contributed by atoms with van der Waals surface area (Å²) in [4.78, 5) is 19.3. The number of carbonyl (C=O) groups excluding carboxylic acids is 1. The number of fused-ring (bicyclic) bond motifs is 1. The van der Waals surface area contributed by atoms with Crippen LogP contribution in [0.1, 0.15) is 17.4 Å². The first kappa shape index (κ1) is 19.7. The van der Waals surface area contributed by atoms with E-state index < -0.39 is 0 Å². The van der Waals surface area contributed by atoms with Crippen LogP contribution < -0.4 is 15.0 Å². The minimum Gasteiger partial charge on any atom is -0.496 e. The Bertz CT molecular complexity index is 950. The first-order valence-corrected chi connectivity index (χ1v) is 9.22. The molecular formula is C21H26N4O3. The summed E-state index contributed by atoms with van der Waals surface area (Å²) >= 11 is 0. The first-order chi connectivity index (χ1) is 13.6. The second-order valence-corrected chi connectivity index (χ2v) is 6.44. The van der Waals surface area contributed by atoms with Crippen LogP contribution in [0.4, 0.5) is 11.5 Å². The van der Waals surface area contributed by atoms with Gasteiger partial charge in [0.1, 0.15) is 17.3 Å². The molecule has 0 atom stereocenters. The van der Waals surface area contributed by atoms with Crippen molar-refractivity contribution in [1.82, 2.24) is 9.55 Å². The summed E-state index contributed by atoms with van der Waals surface area (Å²) in [6, 6.07) is 11.4. The topological polar surface area (TPSA) is 68.6 Å². The van der Waals surface area contributed by atoms with E-state index in [0.717, 1.165) is 29.0 Å². The van der Waals surface area contributed by atoms with Crippen molar-refractivity contribution in [3.8, 4) is 5.75 Å². The fourth-order valence-corrected chi connectivity index (χ4v) is 3.19. The van der Waals surface area contributed by atoms with Crippen molar-refractivity contribution in [2.45, 2.75) is 13.5 Å². The molecule has 3 rings (SSSR count). The number of rotatable bonds is 8. The summed E-state index contributed by atoms with van der Waals surface area (Å²) in [6.07, 6.45) is 1.66. The predicted molar refractivity (Wildman–Crippen MR) is 112 cm³/mol. The van der Waals surface area contributed by atoms with Gasteiger partial charge in [0.2, 0.25) is 0 Å². The minimum atomic E-state index is -0.178. The van der Waals surface area contributed by atoms with Gasteiger partial charge in [-0.1, -0.05) is 6.07 Å². The van der Waals surface area contributed by atoms with Crippen LogP contribution in [0.3, 0.4) is 0 Å². The van der Waals surface area contributed by atoms with Crippen molar-refractivity contribution in [3.05, 3.63) is 48.3 Å². The van der Waals surface area contributed by atoms with Crippen molar-refractivity contribution in [2.24, 2.45) is 0 Å². The second kappa shape index (κ2) is 8.75. The van der Waals surface area contributed by atoms with E-state index in [-0.39, 0.29) is 5.91 Å². The van der Waals surface area contributed by atoms with Crippen molar-refractivity contribution in [1.29, 1.82) is 0 Å². The fourth-order valence-electron chi connectivity index (χ4n) is 3.19. The molecule has 7 nitrogen and oxygen atoms in total. The van der Waals surface area contributed by atoms with Crippen molar-refractivity contribution in [3.63, 3.8) is 0 Å². The molecule has 0 saturated heterocycles. The summed E-state index contributed by atoms with van der Waals surface area (Å²) in [6.45, 7) is 4.07. The largest absolute Gasteiger partial charge is 0.496 e. The second-order valence-electron chi connectivity index (χ2n) is 6.44. The standard InChI is InChI=1S/C21H26N4O3/c1-5-25-17-7-6-8-19(28-4)16(17)13-18(25)21(26)23-15-9-10-20(22-14-15)24(2)11-12-27-3/h6-10,13-14H,5,11-12H2,1-4H3,(H,23,26). The molecule has 1 aromatic carbocycles. The van der Waals surface area contributed by atoms with Crippen LogP contribution in [0, 0.1) is 0 Å². The highest BCUT2D eigenvalue weighted by Crippen LogP contribution is 2.29. The normalized spacial score (nSPS) is 10.9. The van der Waals surface area contributed by atoms with E-state index in [4.69, 9.17) is 9.47 Å². The van der Waals surface area contributed by atoms with Gasteiger partial charge in [-0.15, -0.1) is 0 Å². The highest BCUT2D eigenvalue weighted by molar-refractivity contribution is 6.07. The molecule has 0 aliphatic carbocycles. The van der Waals surface area contributed by atoms with Gasteiger partial charge in [-0.3, -0.25) is 4.79 Å². The Morgan fingerprint density at radius 3 is 2.71 bits per heavy atom. The van der Waals surface area contributed by atoms with Gasteiger partial charge in [0.25, 0.3) is 5.91 Å². The average Bonchev–Trinajstić information content (AvgIpc) is 3.11. The SMILES string of the molecule is CCn1c(C(=O)Nc2ccc(N(C)CCOC)nc2)cc2c(OC)cccc21. The van der Waals surface area contributed by atoms with E-state index in [1.165, 1.54) is 0 Å². The molecule has 0 radical (unpaired) electrons. The molecule has 1 amide bonds. The lowest BCUT2D eigenvalue weighted by Gasteiger charge is -2.17. The lowest BCUT2D eigenvalue weighted by atomic mass is 10.2. The minimum absolute atomic E-state index is 0.178. The van der Waals surface area contributed by atoms with Crippen molar-refractivity contribution < 1.29 is 14.3 Å². The maximum atomic E-state index is 12.9. The quantitative estimate of drug-likeness (QED) is 0.647. The molecule has 0 unspecified atom stereocenters. The first-order valence-electron chi connectivity index (χ1n) is 9.22. The number of anilines is 2. The number of likely N-dealkylation sites (N-methyl/N-ethyl adjacent to an activating group) is 1. The van der Waals surface area contributed by atoms with Crippen molar-refractivity contribution >= 4 is 28.3 Å². The number of carbonyl (C=O) groups is 1. The van der Waals surface area contributed by atoms with Crippen LogP contribution in [0.2, 0.25) is 0 Å². The van der Waals surface area contributed by atoms with Gasteiger partial charge in [0.15, 0.2) is 0 Å². The zero-order chi connectivity index (χ0) is 20.1. The smallest absolute Gasteiger partial charge is 0.272 e.